The molecule has 0 atom stereocenters. The van der Waals surface area contributed by atoms with Gasteiger partial charge in [-0.3, -0.25) is 4.98 Å². The molecule has 2 nitrogen and oxygen atoms in total. The second-order valence-electron chi connectivity index (χ2n) is 4.21. The summed E-state index contributed by atoms with van der Waals surface area (Å²) in [6.07, 6.45) is 3.48. The van der Waals surface area contributed by atoms with E-state index in [9.17, 15) is 0 Å². The second kappa shape index (κ2) is 3.97. The third kappa shape index (κ3) is 1.78. The number of rotatable bonds is 1. The number of nitrogen functional groups attached to an aromatic ring is 1. The minimum absolute atomic E-state index is 0.730. The van der Waals surface area contributed by atoms with Crippen molar-refractivity contribution in [3.8, 4) is 11.1 Å². The maximum absolute atomic E-state index is 5.95. The van der Waals surface area contributed by atoms with Crippen LogP contribution in [0, 0.1) is 20.8 Å². The second-order valence-corrected chi connectivity index (χ2v) is 4.21. The minimum Gasteiger partial charge on any atom is -0.397 e. The lowest BCUT2D eigenvalue weighted by Gasteiger charge is -2.11. The Balaban J connectivity index is 2.65. The highest BCUT2D eigenvalue weighted by Crippen LogP contribution is 2.29. The lowest BCUT2D eigenvalue weighted by Crippen LogP contribution is -1.94. The molecule has 82 valence electrons. The molecule has 1 aromatic heterocycles. The Morgan fingerprint density at radius 3 is 2.31 bits per heavy atom. The largest absolute Gasteiger partial charge is 0.397 e. The Morgan fingerprint density at radius 2 is 1.62 bits per heavy atom. The van der Waals surface area contributed by atoms with Crippen LogP contribution in [0.15, 0.2) is 30.6 Å². The van der Waals surface area contributed by atoms with Crippen LogP contribution in [0.3, 0.4) is 0 Å². The zero-order chi connectivity index (χ0) is 11.7. The number of hydrogen-bond acceptors (Lipinski definition) is 2. The van der Waals surface area contributed by atoms with Gasteiger partial charge in [-0.05, 0) is 49.1 Å². The van der Waals surface area contributed by atoms with Gasteiger partial charge in [0.25, 0.3) is 0 Å². The zero-order valence-corrected chi connectivity index (χ0v) is 9.91. The maximum atomic E-state index is 5.95. The van der Waals surface area contributed by atoms with Crippen molar-refractivity contribution in [2.75, 3.05) is 5.73 Å². The van der Waals surface area contributed by atoms with Crippen molar-refractivity contribution in [2.45, 2.75) is 20.8 Å². The Morgan fingerprint density at radius 1 is 0.938 bits per heavy atom. The summed E-state index contributed by atoms with van der Waals surface area (Å²) in [4.78, 5) is 4.02. The number of nitrogens with zero attached hydrogens (tertiary/aromatic N) is 1. The summed E-state index contributed by atoms with van der Waals surface area (Å²) in [6, 6.07) is 6.35. The molecule has 0 aliphatic carbocycles. The molecule has 0 aliphatic rings. The summed E-state index contributed by atoms with van der Waals surface area (Å²) in [7, 11) is 0. The monoisotopic (exact) mass is 212 g/mol. The van der Waals surface area contributed by atoms with Crippen LogP contribution in [0.2, 0.25) is 0 Å². The van der Waals surface area contributed by atoms with E-state index in [0.29, 0.717) is 0 Å². The van der Waals surface area contributed by atoms with Gasteiger partial charge in [0.2, 0.25) is 0 Å². The molecule has 2 aromatic rings. The molecular weight excluding hydrogens is 196 g/mol. The lowest BCUT2D eigenvalue weighted by atomic mass is 9.95. The molecule has 16 heavy (non-hydrogen) atoms. The summed E-state index contributed by atoms with van der Waals surface area (Å²) < 4.78 is 0. The Bertz CT molecular complexity index is 530. The minimum atomic E-state index is 0.730. The number of aromatic nitrogens is 1. The van der Waals surface area contributed by atoms with Crippen molar-refractivity contribution < 1.29 is 0 Å². The van der Waals surface area contributed by atoms with E-state index in [1.807, 2.05) is 6.07 Å². The average molecular weight is 212 g/mol. The van der Waals surface area contributed by atoms with E-state index in [4.69, 9.17) is 5.73 Å². The molecule has 0 bridgehead atoms. The Kier molecular flexibility index (Phi) is 2.65. The summed E-state index contributed by atoms with van der Waals surface area (Å²) in [6.45, 7) is 6.36. The van der Waals surface area contributed by atoms with Gasteiger partial charge in [0.1, 0.15) is 0 Å². The molecule has 0 fully saturated rings. The summed E-state index contributed by atoms with van der Waals surface area (Å²) >= 11 is 0. The Hall–Kier alpha value is -1.83. The van der Waals surface area contributed by atoms with E-state index in [1.165, 1.54) is 22.3 Å². The van der Waals surface area contributed by atoms with Gasteiger partial charge in [-0.15, -0.1) is 0 Å². The molecule has 0 spiro atoms. The Labute approximate surface area is 96.1 Å². The van der Waals surface area contributed by atoms with Crippen LogP contribution in [-0.4, -0.2) is 4.98 Å². The van der Waals surface area contributed by atoms with Crippen molar-refractivity contribution in [3.63, 3.8) is 0 Å². The van der Waals surface area contributed by atoms with Gasteiger partial charge in [0, 0.05) is 11.8 Å². The summed E-state index contributed by atoms with van der Waals surface area (Å²) in [5.41, 5.74) is 12.8. The van der Waals surface area contributed by atoms with E-state index in [-0.39, 0.29) is 0 Å². The molecule has 0 aliphatic heterocycles. The number of aryl methyl sites for hydroxylation is 3. The number of benzene rings is 1. The fraction of sp³-hybridized carbons (Fsp3) is 0.214. The van der Waals surface area contributed by atoms with Gasteiger partial charge in [-0.25, -0.2) is 0 Å². The van der Waals surface area contributed by atoms with Crippen LogP contribution in [0.5, 0.6) is 0 Å². The molecule has 0 unspecified atom stereocenters. The van der Waals surface area contributed by atoms with Crippen molar-refractivity contribution in [2.24, 2.45) is 0 Å². The molecular formula is C14H16N2. The molecule has 1 aromatic carbocycles. The lowest BCUT2D eigenvalue weighted by molar-refractivity contribution is 1.29. The topological polar surface area (TPSA) is 38.9 Å². The first-order valence-corrected chi connectivity index (χ1v) is 5.37. The fourth-order valence-corrected chi connectivity index (χ4v) is 1.90. The number of hydrogen-bond donors (Lipinski definition) is 1. The van der Waals surface area contributed by atoms with Crippen LogP contribution in [0.1, 0.15) is 16.7 Å². The normalized spacial score (nSPS) is 10.4. The van der Waals surface area contributed by atoms with Crippen LogP contribution in [-0.2, 0) is 0 Å². The van der Waals surface area contributed by atoms with E-state index in [2.05, 4.69) is 37.9 Å². The van der Waals surface area contributed by atoms with Gasteiger partial charge in [0.15, 0.2) is 0 Å². The quantitative estimate of drug-likeness (QED) is 0.788. The van der Waals surface area contributed by atoms with Gasteiger partial charge in [-0.1, -0.05) is 12.1 Å². The highest BCUT2D eigenvalue weighted by atomic mass is 14.7. The highest BCUT2D eigenvalue weighted by molar-refractivity contribution is 5.78. The summed E-state index contributed by atoms with van der Waals surface area (Å²) in [5.74, 6) is 0. The molecule has 1 heterocycles. The third-order valence-corrected chi connectivity index (χ3v) is 2.98. The van der Waals surface area contributed by atoms with Crippen LogP contribution < -0.4 is 5.73 Å². The zero-order valence-electron chi connectivity index (χ0n) is 9.91. The SMILES string of the molecule is Cc1cc(C)c(-c2ccncc2N)cc1C. The van der Waals surface area contributed by atoms with E-state index >= 15 is 0 Å². The number of nitrogens with two attached hydrogens (primary N) is 1. The number of pyridine rings is 1. The van der Waals surface area contributed by atoms with Crippen molar-refractivity contribution in [3.05, 3.63) is 47.3 Å². The van der Waals surface area contributed by atoms with E-state index < -0.39 is 0 Å². The first-order chi connectivity index (χ1) is 7.59. The van der Waals surface area contributed by atoms with Gasteiger partial charge >= 0.3 is 0 Å². The summed E-state index contributed by atoms with van der Waals surface area (Å²) in [5, 5.41) is 0. The predicted molar refractivity (Wildman–Crippen MR) is 68.3 cm³/mol. The van der Waals surface area contributed by atoms with Crippen LogP contribution in [0.4, 0.5) is 5.69 Å². The molecule has 0 saturated carbocycles. The first kappa shape index (κ1) is 10.7. The smallest absolute Gasteiger partial charge is 0.0580 e. The third-order valence-electron chi connectivity index (χ3n) is 2.98. The van der Waals surface area contributed by atoms with Gasteiger partial charge in [-0.2, -0.15) is 0 Å². The van der Waals surface area contributed by atoms with Crippen molar-refractivity contribution in [1.82, 2.24) is 4.98 Å². The average Bonchev–Trinajstić information content (AvgIpc) is 2.25. The molecule has 2 heteroatoms. The molecule has 2 rings (SSSR count). The number of anilines is 1. The predicted octanol–water partition coefficient (Wildman–Crippen LogP) is 3.26. The van der Waals surface area contributed by atoms with Crippen LogP contribution in [0.25, 0.3) is 11.1 Å². The van der Waals surface area contributed by atoms with Gasteiger partial charge in [0.05, 0.1) is 11.9 Å². The van der Waals surface area contributed by atoms with Crippen LogP contribution >= 0.6 is 0 Å². The molecule has 2 N–H and O–H groups in total. The van der Waals surface area contributed by atoms with Gasteiger partial charge < -0.3 is 5.73 Å². The molecule has 0 amide bonds. The molecule has 0 saturated heterocycles. The fourth-order valence-electron chi connectivity index (χ4n) is 1.90. The maximum Gasteiger partial charge on any atom is 0.0580 e. The standard InChI is InChI=1S/C14H16N2/c1-9-6-11(3)13(7-10(9)2)12-4-5-16-8-14(12)15/h4-8H,15H2,1-3H3. The molecule has 0 radical (unpaired) electrons. The van der Waals surface area contributed by atoms with Crippen molar-refractivity contribution >= 4 is 5.69 Å². The van der Waals surface area contributed by atoms with E-state index in [1.54, 1.807) is 12.4 Å². The van der Waals surface area contributed by atoms with E-state index in [0.717, 1.165) is 11.3 Å². The van der Waals surface area contributed by atoms with Crippen molar-refractivity contribution in [1.29, 1.82) is 0 Å². The first-order valence-electron chi connectivity index (χ1n) is 5.37. The highest BCUT2D eigenvalue weighted by Gasteiger charge is 2.07.